The van der Waals surface area contributed by atoms with Gasteiger partial charge in [0.25, 0.3) is 0 Å². The Hall–Kier alpha value is -1.40. The van der Waals surface area contributed by atoms with Crippen molar-refractivity contribution < 1.29 is 4.42 Å². The van der Waals surface area contributed by atoms with Gasteiger partial charge in [-0.1, -0.05) is 11.2 Å². The third-order valence-electron chi connectivity index (χ3n) is 2.12. The fourth-order valence-corrected chi connectivity index (χ4v) is 2.03. The van der Waals surface area contributed by atoms with Crippen LogP contribution < -0.4 is 10.6 Å². The van der Waals surface area contributed by atoms with E-state index in [1.54, 1.807) is 11.3 Å². The van der Waals surface area contributed by atoms with E-state index in [9.17, 15) is 0 Å². The molecule has 2 rings (SSSR count). The summed E-state index contributed by atoms with van der Waals surface area (Å²) in [6.45, 7) is 2.58. The van der Waals surface area contributed by atoms with Crippen LogP contribution in [0.3, 0.4) is 0 Å². The predicted octanol–water partition coefficient (Wildman–Crippen LogP) is 1.79. The fourth-order valence-electron chi connectivity index (χ4n) is 1.27. The average Bonchev–Trinajstić information content (AvgIpc) is 2.86. The van der Waals surface area contributed by atoms with Crippen LogP contribution in [0.1, 0.15) is 23.7 Å². The number of hydrogen-bond acceptors (Lipinski definition) is 6. The molecule has 5 nitrogen and oxygen atoms in total. The van der Waals surface area contributed by atoms with Crippen molar-refractivity contribution in [3.63, 3.8) is 0 Å². The molecule has 0 aliphatic rings. The Bertz CT molecular complexity index is 437. The maximum atomic E-state index is 5.65. The number of hydrogen-bond donors (Lipinski definition) is 1. The average molecular weight is 238 g/mol. The van der Waals surface area contributed by atoms with E-state index < -0.39 is 0 Å². The summed E-state index contributed by atoms with van der Waals surface area (Å²) < 4.78 is 5.44. The van der Waals surface area contributed by atoms with Gasteiger partial charge in [0, 0.05) is 11.9 Å². The Morgan fingerprint density at radius 3 is 2.94 bits per heavy atom. The van der Waals surface area contributed by atoms with E-state index in [0.29, 0.717) is 11.9 Å². The van der Waals surface area contributed by atoms with Crippen LogP contribution in [0.2, 0.25) is 0 Å². The molecule has 0 saturated heterocycles. The first-order valence-corrected chi connectivity index (χ1v) is 5.87. The Morgan fingerprint density at radius 1 is 1.56 bits per heavy atom. The zero-order valence-electron chi connectivity index (χ0n) is 9.25. The largest absolute Gasteiger partial charge is 0.406 e. The van der Waals surface area contributed by atoms with E-state index in [0.717, 1.165) is 6.54 Å². The molecule has 0 radical (unpaired) electrons. The summed E-state index contributed by atoms with van der Waals surface area (Å²) in [5.74, 6) is 0.466. The van der Waals surface area contributed by atoms with Crippen LogP contribution in [-0.4, -0.2) is 17.2 Å². The summed E-state index contributed by atoms with van der Waals surface area (Å²) in [5.41, 5.74) is 5.65. The highest BCUT2D eigenvalue weighted by Gasteiger charge is 2.13. The van der Waals surface area contributed by atoms with Crippen molar-refractivity contribution in [3.05, 3.63) is 28.3 Å². The minimum Gasteiger partial charge on any atom is -0.406 e. The lowest BCUT2D eigenvalue weighted by molar-refractivity contribution is 0.461. The molecule has 2 aromatic rings. The summed E-state index contributed by atoms with van der Waals surface area (Å²) in [6, 6.07) is 4.37. The van der Waals surface area contributed by atoms with E-state index in [1.807, 2.05) is 30.3 Å². The first-order chi connectivity index (χ1) is 7.66. The van der Waals surface area contributed by atoms with Crippen molar-refractivity contribution in [2.75, 3.05) is 11.9 Å². The molecule has 2 heterocycles. The molecule has 1 atom stereocenters. The lowest BCUT2D eigenvalue weighted by Gasteiger charge is -2.11. The maximum absolute atomic E-state index is 5.65. The van der Waals surface area contributed by atoms with Gasteiger partial charge in [0.15, 0.2) is 0 Å². The van der Waals surface area contributed by atoms with Gasteiger partial charge in [-0.25, -0.2) is 0 Å². The second-order valence-corrected chi connectivity index (χ2v) is 4.68. The summed E-state index contributed by atoms with van der Waals surface area (Å²) in [6.07, 6.45) is 0. The molecule has 0 bridgehead atoms. The SMILES string of the molecule is CC(N)c1nnc(N(C)Cc2cccs2)o1. The molecular formula is C10H14N4OS. The van der Waals surface area contributed by atoms with Crippen molar-refractivity contribution >= 4 is 17.4 Å². The number of nitrogens with zero attached hydrogens (tertiary/aromatic N) is 3. The van der Waals surface area contributed by atoms with E-state index in [2.05, 4.69) is 16.3 Å². The molecule has 0 aromatic carbocycles. The van der Waals surface area contributed by atoms with Gasteiger partial charge in [-0.05, 0) is 18.4 Å². The van der Waals surface area contributed by atoms with Crippen LogP contribution in [0, 0.1) is 0 Å². The quantitative estimate of drug-likeness (QED) is 0.879. The van der Waals surface area contributed by atoms with Gasteiger partial charge in [0.2, 0.25) is 5.89 Å². The molecule has 86 valence electrons. The highest BCUT2D eigenvalue weighted by Crippen LogP contribution is 2.18. The smallest absolute Gasteiger partial charge is 0.318 e. The van der Waals surface area contributed by atoms with Crippen LogP contribution in [0.4, 0.5) is 6.01 Å². The van der Waals surface area contributed by atoms with Gasteiger partial charge in [0.05, 0.1) is 12.6 Å². The van der Waals surface area contributed by atoms with Gasteiger partial charge in [-0.2, -0.15) is 0 Å². The summed E-state index contributed by atoms with van der Waals surface area (Å²) in [4.78, 5) is 3.16. The normalized spacial score (nSPS) is 12.7. The lowest BCUT2D eigenvalue weighted by Crippen LogP contribution is -2.15. The molecule has 1 unspecified atom stereocenters. The minimum atomic E-state index is -0.226. The van der Waals surface area contributed by atoms with Crippen molar-refractivity contribution in [1.82, 2.24) is 10.2 Å². The third kappa shape index (κ3) is 2.40. The fraction of sp³-hybridized carbons (Fsp3) is 0.400. The number of aromatic nitrogens is 2. The van der Waals surface area contributed by atoms with Crippen LogP contribution in [0.15, 0.2) is 21.9 Å². The number of anilines is 1. The second-order valence-electron chi connectivity index (χ2n) is 3.65. The number of thiophene rings is 1. The van der Waals surface area contributed by atoms with Gasteiger partial charge >= 0.3 is 6.01 Å². The first kappa shape index (κ1) is 11.1. The van der Waals surface area contributed by atoms with Crippen LogP contribution >= 0.6 is 11.3 Å². The zero-order valence-corrected chi connectivity index (χ0v) is 10.1. The number of rotatable bonds is 4. The molecule has 0 spiro atoms. The predicted molar refractivity (Wildman–Crippen MR) is 63.3 cm³/mol. The topological polar surface area (TPSA) is 68.2 Å². The Labute approximate surface area is 97.9 Å². The zero-order chi connectivity index (χ0) is 11.5. The molecule has 0 aliphatic heterocycles. The monoisotopic (exact) mass is 238 g/mol. The first-order valence-electron chi connectivity index (χ1n) is 4.99. The third-order valence-corrected chi connectivity index (χ3v) is 2.98. The van der Waals surface area contributed by atoms with Crippen molar-refractivity contribution in [3.8, 4) is 0 Å². The Balaban J connectivity index is 2.06. The molecule has 0 saturated carbocycles. The van der Waals surface area contributed by atoms with Crippen LogP contribution in [0.5, 0.6) is 0 Å². The van der Waals surface area contributed by atoms with Crippen molar-refractivity contribution in [2.45, 2.75) is 19.5 Å². The van der Waals surface area contributed by atoms with Crippen LogP contribution in [-0.2, 0) is 6.54 Å². The Kier molecular flexibility index (Phi) is 3.21. The maximum Gasteiger partial charge on any atom is 0.318 e. The standard InChI is InChI=1S/C10H14N4OS/c1-7(11)9-12-13-10(15-9)14(2)6-8-4-3-5-16-8/h3-5,7H,6,11H2,1-2H3. The van der Waals surface area contributed by atoms with Crippen molar-refractivity contribution in [2.24, 2.45) is 5.73 Å². The van der Waals surface area contributed by atoms with E-state index in [-0.39, 0.29) is 6.04 Å². The van der Waals surface area contributed by atoms with Gasteiger partial charge < -0.3 is 15.1 Å². The van der Waals surface area contributed by atoms with E-state index in [1.165, 1.54) is 4.88 Å². The molecule has 2 N–H and O–H groups in total. The lowest BCUT2D eigenvalue weighted by atomic mass is 10.4. The molecule has 0 fully saturated rings. The molecular weight excluding hydrogens is 224 g/mol. The van der Waals surface area contributed by atoms with Gasteiger partial charge in [-0.15, -0.1) is 16.4 Å². The molecule has 2 aromatic heterocycles. The van der Waals surface area contributed by atoms with Crippen LogP contribution in [0.25, 0.3) is 0 Å². The Morgan fingerprint density at radius 2 is 2.38 bits per heavy atom. The molecule has 0 amide bonds. The molecule has 6 heteroatoms. The molecule has 16 heavy (non-hydrogen) atoms. The summed E-state index contributed by atoms with van der Waals surface area (Å²) in [5, 5.41) is 9.88. The van der Waals surface area contributed by atoms with Crippen molar-refractivity contribution in [1.29, 1.82) is 0 Å². The number of nitrogens with two attached hydrogens (primary N) is 1. The van der Waals surface area contributed by atoms with Gasteiger partial charge in [0.1, 0.15) is 0 Å². The second kappa shape index (κ2) is 4.63. The van der Waals surface area contributed by atoms with Gasteiger partial charge in [-0.3, -0.25) is 0 Å². The highest BCUT2D eigenvalue weighted by atomic mass is 32.1. The highest BCUT2D eigenvalue weighted by molar-refractivity contribution is 7.09. The molecule has 0 aliphatic carbocycles. The summed E-state index contributed by atoms with van der Waals surface area (Å²) in [7, 11) is 1.91. The van der Waals surface area contributed by atoms with E-state index >= 15 is 0 Å². The van der Waals surface area contributed by atoms with E-state index in [4.69, 9.17) is 10.2 Å². The minimum absolute atomic E-state index is 0.226. The summed E-state index contributed by atoms with van der Waals surface area (Å²) >= 11 is 1.70.